The van der Waals surface area contributed by atoms with Crippen molar-refractivity contribution < 1.29 is 49.5 Å². The maximum absolute atomic E-state index is 2.38. The molecule has 153 valence electrons. The molecule has 0 fully saturated rings. The van der Waals surface area contributed by atoms with Gasteiger partial charge in [0.15, 0.2) is 0 Å². The number of fused-ring (bicyclic) bond motifs is 5. The van der Waals surface area contributed by atoms with E-state index < -0.39 is 0 Å². The third-order valence-corrected chi connectivity index (χ3v) is 7.66. The summed E-state index contributed by atoms with van der Waals surface area (Å²) in [5.74, 6) is 0.672. The molecule has 2 aliphatic carbocycles. The third kappa shape index (κ3) is 4.47. The predicted molar refractivity (Wildman–Crippen MR) is 120 cm³/mol. The Kier molecular flexibility index (Phi) is 7.98. The molecule has 4 aromatic rings. The second kappa shape index (κ2) is 10.3. The molecule has 0 amide bonds. The molecule has 2 unspecified atom stereocenters. The van der Waals surface area contributed by atoms with E-state index in [1.54, 1.807) is 24.7 Å². The van der Waals surface area contributed by atoms with E-state index in [1.807, 2.05) is 0 Å². The van der Waals surface area contributed by atoms with E-state index in [4.69, 9.17) is 0 Å². The van der Waals surface area contributed by atoms with Crippen LogP contribution in [0.1, 0.15) is 45.1 Å². The average molecular weight is 522 g/mol. The Morgan fingerprint density at radius 1 is 0.677 bits per heavy atom. The Labute approximate surface area is 212 Å². The molecule has 0 radical (unpaired) electrons. The SMILES string of the molecule is CCC1C=Cc2ccccc21.[Cl-].[Cl-].[Zr+2][CH]1c2ccccc2-c2cc3ccccc3cc21. The van der Waals surface area contributed by atoms with Crippen molar-refractivity contribution >= 4 is 16.8 Å². The van der Waals surface area contributed by atoms with Crippen molar-refractivity contribution in [2.75, 3.05) is 0 Å². The molecule has 2 atom stereocenters. The number of benzene rings is 4. The van der Waals surface area contributed by atoms with Gasteiger partial charge in [-0.2, -0.15) is 0 Å². The molecule has 3 heteroatoms. The van der Waals surface area contributed by atoms with Crippen LogP contribution in [0.15, 0.2) is 91.0 Å². The predicted octanol–water partition coefficient (Wildman–Crippen LogP) is 1.67. The van der Waals surface area contributed by atoms with Crippen LogP contribution in [0.3, 0.4) is 0 Å². The van der Waals surface area contributed by atoms with Gasteiger partial charge in [0, 0.05) is 5.92 Å². The summed E-state index contributed by atoms with van der Waals surface area (Å²) in [4.78, 5) is 0. The molecule has 0 aliphatic heterocycles. The summed E-state index contributed by atoms with van der Waals surface area (Å²) >= 11 is 1.58. The van der Waals surface area contributed by atoms with Gasteiger partial charge in [-0.15, -0.1) is 0 Å². The summed E-state index contributed by atoms with van der Waals surface area (Å²) < 4.78 is 0.605. The van der Waals surface area contributed by atoms with Gasteiger partial charge in [-0.3, -0.25) is 0 Å². The average Bonchev–Trinajstić information content (AvgIpc) is 3.32. The van der Waals surface area contributed by atoms with Crippen LogP contribution >= 0.6 is 0 Å². The number of hydrogen-bond donors (Lipinski definition) is 0. The zero-order chi connectivity index (χ0) is 19.8. The van der Waals surface area contributed by atoms with Gasteiger partial charge in [0.1, 0.15) is 0 Å². The summed E-state index contributed by atoms with van der Waals surface area (Å²) in [6, 6.07) is 30.8. The molecular formula is C28H23Cl2Zr. The van der Waals surface area contributed by atoms with Gasteiger partial charge in [-0.25, -0.2) is 0 Å². The summed E-state index contributed by atoms with van der Waals surface area (Å²) in [6.45, 7) is 2.23. The first kappa shape index (κ1) is 24.0. The van der Waals surface area contributed by atoms with Crippen LogP contribution < -0.4 is 24.8 Å². The number of allylic oxidation sites excluding steroid dienone is 1. The standard InChI is InChI=1S/C17H11.C11H12.2ClH.Zr/c1-2-6-13-11-17-15(9-12(13)5-1)10-14-7-3-4-8-16(14)17;1-2-9-7-8-10-5-3-4-6-11(9)10;;;/h1-11H;3-9H,2H2,1H3;2*1H;/q;;;;+2/p-2. The Bertz CT molecular complexity index is 1230. The Morgan fingerprint density at radius 3 is 2.03 bits per heavy atom. The van der Waals surface area contributed by atoms with Crippen molar-refractivity contribution in [2.45, 2.75) is 22.9 Å². The normalized spacial score (nSPS) is 16.9. The van der Waals surface area contributed by atoms with Crippen molar-refractivity contribution in [2.24, 2.45) is 0 Å². The molecular weight excluding hydrogens is 498 g/mol. The monoisotopic (exact) mass is 519 g/mol. The number of hydrogen-bond acceptors (Lipinski definition) is 0. The van der Waals surface area contributed by atoms with Crippen molar-refractivity contribution in [3.63, 3.8) is 0 Å². The fourth-order valence-electron chi connectivity index (χ4n) is 4.57. The fourth-order valence-corrected chi connectivity index (χ4v) is 5.78. The van der Waals surface area contributed by atoms with E-state index in [-0.39, 0.29) is 24.8 Å². The van der Waals surface area contributed by atoms with Crippen molar-refractivity contribution in [1.29, 1.82) is 0 Å². The minimum absolute atomic E-state index is 0. The summed E-state index contributed by atoms with van der Waals surface area (Å²) in [5, 5.41) is 2.70. The molecule has 0 N–H and O–H groups in total. The van der Waals surface area contributed by atoms with Gasteiger partial charge >= 0.3 is 122 Å². The van der Waals surface area contributed by atoms with Gasteiger partial charge in [0.2, 0.25) is 0 Å². The molecule has 0 bridgehead atoms. The van der Waals surface area contributed by atoms with Crippen LogP contribution in [0, 0.1) is 0 Å². The Hall–Kier alpha value is -1.66. The maximum atomic E-state index is 2.38. The van der Waals surface area contributed by atoms with E-state index >= 15 is 0 Å². The Balaban J connectivity index is 0.000000183. The molecule has 0 spiro atoms. The van der Waals surface area contributed by atoms with Crippen LogP contribution in [0.5, 0.6) is 0 Å². The molecule has 0 aromatic heterocycles. The van der Waals surface area contributed by atoms with Gasteiger partial charge < -0.3 is 24.8 Å². The van der Waals surface area contributed by atoms with Crippen molar-refractivity contribution in [1.82, 2.24) is 0 Å². The zero-order valence-electron chi connectivity index (χ0n) is 17.4. The molecule has 0 nitrogen and oxygen atoms in total. The summed E-state index contributed by atoms with van der Waals surface area (Å²) in [6.07, 6.45) is 5.74. The molecule has 31 heavy (non-hydrogen) atoms. The summed E-state index contributed by atoms with van der Waals surface area (Å²) in [7, 11) is 0. The van der Waals surface area contributed by atoms with E-state index in [2.05, 4.69) is 104 Å². The zero-order valence-corrected chi connectivity index (χ0v) is 21.3. The third-order valence-electron chi connectivity index (χ3n) is 6.13. The number of halogens is 2. The van der Waals surface area contributed by atoms with Crippen LogP contribution in [-0.2, 0) is 24.7 Å². The molecule has 6 rings (SSSR count). The van der Waals surface area contributed by atoms with Crippen LogP contribution in [-0.4, -0.2) is 0 Å². The molecule has 4 aromatic carbocycles. The first-order valence-corrected chi connectivity index (χ1v) is 11.8. The van der Waals surface area contributed by atoms with E-state index in [0.29, 0.717) is 9.54 Å². The van der Waals surface area contributed by atoms with E-state index in [0.717, 1.165) is 0 Å². The molecule has 0 heterocycles. The molecule has 2 aliphatic rings. The summed E-state index contributed by atoms with van der Waals surface area (Å²) in [5.41, 5.74) is 8.77. The van der Waals surface area contributed by atoms with Gasteiger partial charge in [-0.05, 0) is 17.5 Å². The molecule has 0 saturated carbocycles. The first-order chi connectivity index (χ1) is 14.3. The quantitative estimate of drug-likeness (QED) is 0.358. The Morgan fingerprint density at radius 2 is 1.29 bits per heavy atom. The van der Waals surface area contributed by atoms with E-state index in [1.165, 1.54) is 50.6 Å². The first-order valence-electron chi connectivity index (χ1n) is 10.4. The van der Waals surface area contributed by atoms with Crippen molar-refractivity contribution in [3.05, 3.63) is 113 Å². The van der Waals surface area contributed by atoms with Crippen molar-refractivity contribution in [3.8, 4) is 11.1 Å². The van der Waals surface area contributed by atoms with Gasteiger partial charge in [0.05, 0.1) is 0 Å². The number of rotatable bonds is 1. The van der Waals surface area contributed by atoms with Gasteiger partial charge in [-0.1, -0.05) is 43.3 Å². The fraction of sp³-hybridized carbons (Fsp3) is 0.143. The van der Waals surface area contributed by atoms with Crippen LogP contribution in [0.4, 0.5) is 0 Å². The minimum atomic E-state index is 0. The molecule has 0 saturated heterocycles. The van der Waals surface area contributed by atoms with Crippen LogP contribution in [0.25, 0.3) is 28.0 Å². The topological polar surface area (TPSA) is 0 Å². The van der Waals surface area contributed by atoms with E-state index in [9.17, 15) is 0 Å². The van der Waals surface area contributed by atoms with Gasteiger partial charge in [0.25, 0.3) is 0 Å². The second-order valence-electron chi connectivity index (χ2n) is 7.81. The second-order valence-corrected chi connectivity index (χ2v) is 9.23. The van der Waals surface area contributed by atoms with Crippen LogP contribution in [0.2, 0.25) is 0 Å².